The van der Waals surface area contributed by atoms with Crippen molar-refractivity contribution in [3.05, 3.63) is 42.5 Å². The van der Waals surface area contributed by atoms with Crippen LogP contribution in [-0.4, -0.2) is 20.4 Å². The number of hydrogen-bond acceptors (Lipinski definition) is 2. The summed E-state index contributed by atoms with van der Waals surface area (Å²) < 4.78 is 4.27. The molecule has 0 aliphatic rings. The van der Waals surface area contributed by atoms with Gasteiger partial charge in [-0.25, -0.2) is 0 Å². The molecule has 0 radical (unpaired) electrons. The first kappa shape index (κ1) is 12.9. The van der Waals surface area contributed by atoms with E-state index >= 15 is 0 Å². The fourth-order valence-corrected chi connectivity index (χ4v) is 2.10. The molecule has 0 spiro atoms. The van der Waals surface area contributed by atoms with Gasteiger partial charge in [-0.1, -0.05) is 6.92 Å². The van der Waals surface area contributed by atoms with Gasteiger partial charge in [0.25, 0.3) is 0 Å². The third-order valence-electron chi connectivity index (χ3n) is 3.04. The highest BCUT2D eigenvalue weighted by atomic mass is 15.3. The summed E-state index contributed by atoms with van der Waals surface area (Å²) in [6, 6.07) is 6.67. The normalized spacial score (nSPS) is 12.8. The molecule has 1 unspecified atom stereocenters. The monoisotopic (exact) mass is 246 g/mol. The molecule has 4 heteroatoms. The Bertz CT molecular complexity index is 444. The molecule has 98 valence electrons. The van der Waals surface area contributed by atoms with E-state index in [2.05, 4.69) is 47.2 Å². The molecule has 2 rings (SSSR count). The summed E-state index contributed by atoms with van der Waals surface area (Å²) in [4.78, 5) is 0. The fraction of sp³-hybridized carbons (Fsp3) is 0.500. The molecule has 0 aliphatic heterocycles. The number of nitrogens with zero attached hydrogens (tertiary/aromatic N) is 3. The largest absolute Gasteiger partial charge is 0.350 e. The van der Waals surface area contributed by atoms with E-state index in [-0.39, 0.29) is 0 Å². The van der Waals surface area contributed by atoms with Crippen LogP contribution in [-0.2, 0) is 19.6 Å². The highest BCUT2D eigenvalue weighted by Gasteiger charge is 2.05. The molecule has 0 saturated heterocycles. The Morgan fingerprint density at radius 3 is 2.94 bits per heavy atom. The number of hydrogen-bond donors (Lipinski definition) is 1. The van der Waals surface area contributed by atoms with Crippen LogP contribution in [0.3, 0.4) is 0 Å². The van der Waals surface area contributed by atoms with E-state index in [0.717, 1.165) is 19.6 Å². The minimum Gasteiger partial charge on any atom is -0.350 e. The van der Waals surface area contributed by atoms with E-state index in [0.29, 0.717) is 6.04 Å². The Morgan fingerprint density at radius 2 is 2.22 bits per heavy atom. The Kier molecular flexibility index (Phi) is 4.59. The lowest BCUT2D eigenvalue weighted by Crippen LogP contribution is -2.30. The topological polar surface area (TPSA) is 34.8 Å². The molecule has 2 heterocycles. The van der Waals surface area contributed by atoms with Gasteiger partial charge in [0, 0.05) is 43.4 Å². The molecule has 0 aromatic carbocycles. The van der Waals surface area contributed by atoms with Crippen molar-refractivity contribution < 1.29 is 0 Å². The predicted molar refractivity (Wildman–Crippen MR) is 73.3 cm³/mol. The third kappa shape index (κ3) is 3.47. The highest BCUT2D eigenvalue weighted by Crippen LogP contribution is 2.04. The molecular weight excluding hydrogens is 224 g/mol. The van der Waals surface area contributed by atoms with Crippen molar-refractivity contribution in [1.82, 2.24) is 19.7 Å². The maximum atomic E-state index is 4.22. The van der Waals surface area contributed by atoms with Crippen molar-refractivity contribution in [1.29, 1.82) is 0 Å². The van der Waals surface area contributed by atoms with Crippen molar-refractivity contribution in [2.75, 3.05) is 0 Å². The van der Waals surface area contributed by atoms with Gasteiger partial charge in [0.2, 0.25) is 0 Å². The number of aromatic nitrogens is 3. The van der Waals surface area contributed by atoms with E-state index in [1.807, 2.05) is 23.1 Å². The van der Waals surface area contributed by atoms with Gasteiger partial charge in [-0.2, -0.15) is 5.10 Å². The number of rotatable bonds is 7. The first-order valence-corrected chi connectivity index (χ1v) is 6.64. The van der Waals surface area contributed by atoms with Crippen molar-refractivity contribution >= 4 is 0 Å². The van der Waals surface area contributed by atoms with Gasteiger partial charge in [-0.05, 0) is 31.5 Å². The van der Waals surface area contributed by atoms with Crippen LogP contribution < -0.4 is 5.32 Å². The van der Waals surface area contributed by atoms with Gasteiger partial charge >= 0.3 is 0 Å². The van der Waals surface area contributed by atoms with Gasteiger partial charge in [-0.3, -0.25) is 4.68 Å². The van der Waals surface area contributed by atoms with Gasteiger partial charge in [0.1, 0.15) is 0 Å². The second-order valence-electron chi connectivity index (χ2n) is 4.70. The summed E-state index contributed by atoms with van der Waals surface area (Å²) in [6.07, 6.45) is 7.14. The minimum absolute atomic E-state index is 0.412. The van der Waals surface area contributed by atoms with E-state index in [4.69, 9.17) is 0 Å². The fourth-order valence-electron chi connectivity index (χ4n) is 2.10. The summed E-state index contributed by atoms with van der Waals surface area (Å²) in [6.45, 7) is 7.31. The average molecular weight is 246 g/mol. The molecule has 0 amide bonds. The van der Waals surface area contributed by atoms with Crippen LogP contribution in [0.15, 0.2) is 36.8 Å². The van der Waals surface area contributed by atoms with Gasteiger partial charge in [0.15, 0.2) is 0 Å². The van der Waals surface area contributed by atoms with Crippen molar-refractivity contribution in [3.8, 4) is 0 Å². The Balaban J connectivity index is 1.81. The smallest absolute Gasteiger partial charge is 0.0560 e. The van der Waals surface area contributed by atoms with Crippen LogP contribution in [0.2, 0.25) is 0 Å². The molecular formula is C14H22N4. The van der Waals surface area contributed by atoms with Crippen LogP contribution >= 0.6 is 0 Å². The molecule has 0 aliphatic carbocycles. The molecule has 2 aromatic rings. The summed E-state index contributed by atoms with van der Waals surface area (Å²) in [5.41, 5.74) is 1.35. The van der Waals surface area contributed by atoms with E-state index in [9.17, 15) is 0 Å². The SMILES string of the molecule is CCCn1cccc1CNC(C)Cn1cccn1. The number of aryl methyl sites for hydroxylation is 1. The first-order chi connectivity index (χ1) is 8.79. The second kappa shape index (κ2) is 6.40. The summed E-state index contributed by atoms with van der Waals surface area (Å²) in [7, 11) is 0. The molecule has 0 bridgehead atoms. The molecule has 2 aromatic heterocycles. The van der Waals surface area contributed by atoms with Crippen LogP contribution in [0.5, 0.6) is 0 Å². The lowest BCUT2D eigenvalue weighted by atomic mass is 10.3. The lowest BCUT2D eigenvalue weighted by Gasteiger charge is -2.15. The first-order valence-electron chi connectivity index (χ1n) is 6.64. The van der Waals surface area contributed by atoms with Crippen LogP contribution in [0.1, 0.15) is 26.0 Å². The quantitative estimate of drug-likeness (QED) is 0.813. The molecule has 4 nitrogen and oxygen atoms in total. The molecule has 1 N–H and O–H groups in total. The Morgan fingerprint density at radius 1 is 1.33 bits per heavy atom. The minimum atomic E-state index is 0.412. The molecule has 0 fully saturated rings. The van der Waals surface area contributed by atoms with Gasteiger partial charge in [-0.15, -0.1) is 0 Å². The standard InChI is InChI=1S/C14H22N4/c1-3-8-17-9-4-6-14(17)11-15-13(2)12-18-10-5-7-16-18/h4-7,9-10,13,15H,3,8,11-12H2,1-2H3. The van der Waals surface area contributed by atoms with Gasteiger partial charge < -0.3 is 9.88 Å². The molecule has 1 atom stereocenters. The average Bonchev–Trinajstić information content (AvgIpc) is 2.99. The summed E-state index contributed by atoms with van der Waals surface area (Å²) in [5.74, 6) is 0. The van der Waals surface area contributed by atoms with Gasteiger partial charge in [0.05, 0.1) is 6.54 Å². The molecule has 0 saturated carbocycles. The van der Waals surface area contributed by atoms with Crippen molar-refractivity contribution in [3.63, 3.8) is 0 Å². The van der Waals surface area contributed by atoms with Crippen LogP contribution in [0, 0.1) is 0 Å². The zero-order chi connectivity index (χ0) is 12.8. The summed E-state index contributed by atoms with van der Waals surface area (Å²) in [5, 5.41) is 7.76. The van der Waals surface area contributed by atoms with E-state index in [1.54, 1.807) is 0 Å². The predicted octanol–water partition coefficient (Wildman–Crippen LogP) is 2.27. The number of nitrogens with one attached hydrogen (secondary N) is 1. The Labute approximate surface area is 109 Å². The molecule has 18 heavy (non-hydrogen) atoms. The Hall–Kier alpha value is -1.55. The van der Waals surface area contributed by atoms with Crippen molar-refractivity contribution in [2.24, 2.45) is 0 Å². The maximum absolute atomic E-state index is 4.22. The van der Waals surface area contributed by atoms with Crippen LogP contribution in [0.25, 0.3) is 0 Å². The third-order valence-corrected chi connectivity index (χ3v) is 3.04. The van der Waals surface area contributed by atoms with E-state index < -0.39 is 0 Å². The highest BCUT2D eigenvalue weighted by molar-refractivity contribution is 5.07. The van der Waals surface area contributed by atoms with E-state index in [1.165, 1.54) is 12.1 Å². The zero-order valence-corrected chi connectivity index (χ0v) is 11.2. The maximum Gasteiger partial charge on any atom is 0.0560 e. The lowest BCUT2D eigenvalue weighted by molar-refractivity contribution is 0.443. The van der Waals surface area contributed by atoms with Crippen LogP contribution in [0.4, 0.5) is 0 Å². The summed E-state index contributed by atoms with van der Waals surface area (Å²) >= 11 is 0. The second-order valence-corrected chi connectivity index (χ2v) is 4.70. The van der Waals surface area contributed by atoms with Crippen molar-refractivity contribution in [2.45, 2.75) is 45.9 Å². The zero-order valence-electron chi connectivity index (χ0n) is 11.2.